The third-order valence-corrected chi connectivity index (χ3v) is 7.54. The van der Waals surface area contributed by atoms with Gasteiger partial charge in [0, 0.05) is 32.4 Å². The minimum absolute atomic E-state index is 0.200. The summed E-state index contributed by atoms with van der Waals surface area (Å²) in [7, 11) is -2.17. The second-order valence-corrected chi connectivity index (χ2v) is 9.45. The maximum Gasteiger partial charge on any atom is 0.243 e. The second kappa shape index (κ2) is 8.78. The molecular formula is C21H22ClN5O3S. The van der Waals surface area contributed by atoms with Gasteiger partial charge in [0.25, 0.3) is 0 Å². The van der Waals surface area contributed by atoms with Gasteiger partial charge in [-0.2, -0.15) is 4.31 Å². The van der Waals surface area contributed by atoms with Crippen LogP contribution in [0.2, 0.25) is 5.02 Å². The lowest BCUT2D eigenvalue weighted by atomic mass is 10.2. The molecule has 1 fully saturated rings. The number of methoxy groups -OCH3 is 1. The number of ether oxygens (including phenoxy) is 1. The maximum absolute atomic E-state index is 13.2. The number of piperazine rings is 1. The quantitative estimate of drug-likeness (QED) is 0.579. The lowest BCUT2D eigenvalue weighted by Crippen LogP contribution is -2.49. The Morgan fingerprint density at radius 1 is 1.00 bits per heavy atom. The topological polar surface area (TPSA) is 88.5 Å². The number of anilines is 1. The molecule has 0 amide bonds. The number of aryl methyl sites for hydroxylation is 1. The molecule has 0 radical (unpaired) electrons. The highest BCUT2D eigenvalue weighted by atomic mass is 35.5. The van der Waals surface area contributed by atoms with Crippen molar-refractivity contribution in [2.45, 2.75) is 11.8 Å². The molecule has 0 unspecified atom stereocenters. The molecule has 3 heterocycles. The molecule has 0 saturated carbocycles. The number of hydrogen-bond acceptors (Lipinski definition) is 7. The number of halogens is 1. The molecule has 1 aliphatic heterocycles. The van der Waals surface area contributed by atoms with E-state index in [-0.39, 0.29) is 9.92 Å². The van der Waals surface area contributed by atoms with E-state index in [0.29, 0.717) is 49.0 Å². The van der Waals surface area contributed by atoms with E-state index in [1.54, 1.807) is 19.2 Å². The zero-order chi connectivity index (χ0) is 22.0. The van der Waals surface area contributed by atoms with Crippen LogP contribution in [0.5, 0.6) is 5.75 Å². The molecule has 3 aromatic rings. The summed E-state index contributed by atoms with van der Waals surface area (Å²) >= 11 is 6.17. The summed E-state index contributed by atoms with van der Waals surface area (Å²) in [4.78, 5) is 6.50. The van der Waals surface area contributed by atoms with E-state index in [1.165, 1.54) is 17.5 Å². The molecule has 162 valence electrons. The Bertz CT molecular complexity index is 1170. The number of nitrogens with zero attached hydrogens (tertiary/aromatic N) is 5. The van der Waals surface area contributed by atoms with E-state index >= 15 is 0 Å². The summed E-state index contributed by atoms with van der Waals surface area (Å²) in [5.41, 5.74) is 2.04. The Hall–Kier alpha value is -2.75. The van der Waals surface area contributed by atoms with E-state index in [9.17, 15) is 8.42 Å². The molecule has 4 rings (SSSR count). The van der Waals surface area contributed by atoms with E-state index in [4.69, 9.17) is 16.3 Å². The van der Waals surface area contributed by atoms with Crippen molar-refractivity contribution in [1.29, 1.82) is 0 Å². The van der Waals surface area contributed by atoms with Crippen LogP contribution in [0.1, 0.15) is 5.56 Å². The van der Waals surface area contributed by atoms with Crippen LogP contribution in [0.25, 0.3) is 11.4 Å². The summed E-state index contributed by atoms with van der Waals surface area (Å²) in [6.45, 7) is 3.45. The number of hydrogen-bond donors (Lipinski definition) is 0. The Labute approximate surface area is 186 Å². The molecule has 2 aromatic heterocycles. The second-order valence-electron chi connectivity index (χ2n) is 7.14. The first-order valence-electron chi connectivity index (χ1n) is 9.74. The average molecular weight is 460 g/mol. The summed E-state index contributed by atoms with van der Waals surface area (Å²) in [5, 5.41) is 8.84. The van der Waals surface area contributed by atoms with Crippen molar-refractivity contribution in [2.24, 2.45) is 0 Å². The fourth-order valence-corrected chi connectivity index (χ4v) is 5.47. The maximum atomic E-state index is 13.2. The molecule has 0 atom stereocenters. The number of aromatic nitrogens is 3. The Kier molecular flexibility index (Phi) is 6.08. The molecule has 0 bridgehead atoms. The van der Waals surface area contributed by atoms with Gasteiger partial charge in [-0.15, -0.1) is 10.2 Å². The van der Waals surface area contributed by atoms with Gasteiger partial charge in [-0.3, -0.25) is 4.98 Å². The summed E-state index contributed by atoms with van der Waals surface area (Å²) in [6, 6.07) is 12.5. The molecule has 0 spiro atoms. The SMILES string of the molecule is COc1cc(C)c(S(=O)(=O)N2CCN(c3ccc(-c4ccccn4)nn3)CC2)cc1Cl. The van der Waals surface area contributed by atoms with Gasteiger partial charge in [0.15, 0.2) is 5.82 Å². The van der Waals surface area contributed by atoms with Crippen LogP contribution in [-0.4, -0.2) is 61.2 Å². The first-order chi connectivity index (χ1) is 14.9. The van der Waals surface area contributed by atoms with Gasteiger partial charge in [-0.25, -0.2) is 8.42 Å². The van der Waals surface area contributed by atoms with Gasteiger partial charge in [0.05, 0.1) is 22.7 Å². The van der Waals surface area contributed by atoms with Crippen molar-refractivity contribution in [3.05, 3.63) is 59.2 Å². The zero-order valence-electron chi connectivity index (χ0n) is 17.2. The monoisotopic (exact) mass is 459 g/mol. The minimum Gasteiger partial charge on any atom is -0.495 e. The molecule has 0 aliphatic carbocycles. The van der Waals surface area contributed by atoms with Crippen LogP contribution in [0, 0.1) is 6.92 Å². The van der Waals surface area contributed by atoms with Gasteiger partial charge < -0.3 is 9.64 Å². The fraction of sp³-hybridized carbons (Fsp3) is 0.286. The lowest BCUT2D eigenvalue weighted by molar-refractivity contribution is 0.383. The van der Waals surface area contributed by atoms with Crippen molar-refractivity contribution in [2.75, 3.05) is 38.2 Å². The third-order valence-electron chi connectivity index (χ3n) is 5.21. The standard InChI is InChI=1S/C21H22ClN5O3S/c1-15-13-19(30-2)16(22)14-20(15)31(28,29)27-11-9-26(10-12-27)21-7-6-18(24-25-21)17-5-3-4-8-23-17/h3-8,13-14H,9-12H2,1-2H3. The highest BCUT2D eigenvalue weighted by molar-refractivity contribution is 7.89. The number of sulfonamides is 1. The molecular weight excluding hydrogens is 438 g/mol. The van der Waals surface area contributed by atoms with E-state index in [0.717, 1.165) is 5.69 Å². The largest absolute Gasteiger partial charge is 0.495 e. The number of rotatable bonds is 5. The number of benzene rings is 1. The minimum atomic E-state index is -3.67. The van der Waals surface area contributed by atoms with Gasteiger partial charge in [0.2, 0.25) is 10.0 Å². The summed E-state index contributed by atoms with van der Waals surface area (Å²) in [5.74, 6) is 1.16. The molecule has 1 aromatic carbocycles. The number of pyridine rings is 1. The van der Waals surface area contributed by atoms with Crippen LogP contribution >= 0.6 is 11.6 Å². The van der Waals surface area contributed by atoms with Crippen molar-refractivity contribution in [3.63, 3.8) is 0 Å². The van der Waals surface area contributed by atoms with E-state index in [2.05, 4.69) is 15.2 Å². The predicted molar refractivity (Wildman–Crippen MR) is 119 cm³/mol. The first-order valence-corrected chi connectivity index (χ1v) is 11.6. The van der Waals surface area contributed by atoms with Gasteiger partial charge in [0.1, 0.15) is 11.4 Å². The van der Waals surface area contributed by atoms with Crippen LogP contribution in [-0.2, 0) is 10.0 Å². The molecule has 1 saturated heterocycles. The van der Waals surface area contributed by atoms with Gasteiger partial charge in [-0.1, -0.05) is 17.7 Å². The molecule has 10 heteroatoms. The van der Waals surface area contributed by atoms with Gasteiger partial charge in [-0.05, 0) is 48.9 Å². The van der Waals surface area contributed by atoms with Crippen molar-refractivity contribution >= 4 is 27.4 Å². The molecule has 31 heavy (non-hydrogen) atoms. The van der Waals surface area contributed by atoms with Crippen molar-refractivity contribution in [1.82, 2.24) is 19.5 Å². The highest BCUT2D eigenvalue weighted by Gasteiger charge is 2.31. The van der Waals surface area contributed by atoms with Crippen LogP contribution < -0.4 is 9.64 Å². The lowest BCUT2D eigenvalue weighted by Gasteiger charge is -2.34. The molecule has 1 aliphatic rings. The average Bonchev–Trinajstić information content (AvgIpc) is 2.81. The Morgan fingerprint density at radius 3 is 2.39 bits per heavy atom. The third kappa shape index (κ3) is 4.34. The normalized spacial score (nSPS) is 15.1. The Balaban J connectivity index is 1.47. The van der Waals surface area contributed by atoms with E-state index in [1.807, 2.05) is 35.2 Å². The summed E-state index contributed by atoms with van der Waals surface area (Å²) in [6.07, 6.45) is 1.71. The highest BCUT2D eigenvalue weighted by Crippen LogP contribution is 2.32. The molecule has 8 nitrogen and oxygen atoms in total. The Morgan fingerprint density at radius 2 is 1.77 bits per heavy atom. The smallest absolute Gasteiger partial charge is 0.243 e. The van der Waals surface area contributed by atoms with Gasteiger partial charge >= 0.3 is 0 Å². The summed E-state index contributed by atoms with van der Waals surface area (Å²) < 4.78 is 33.0. The first kappa shape index (κ1) is 21.5. The van der Waals surface area contributed by atoms with Crippen molar-refractivity contribution in [3.8, 4) is 17.1 Å². The zero-order valence-corrected chi connectivity index (χ0v) is 18.8. The van der Waals surface area contributed by atoms with Crippen LogP contribution in [0.3, 0.4) is 0 Å². The van der Waals surface area contributed by atoms with Crippen LogP contribution in [0.4, 0.5) is 5.82 Å². The van der Waals surface area contributed by atoms with Crippen molar-refractivity contribution < 1.29 is 13.2 Å². The molecule has 0 N–H and O–H groups in total. The van der Waals surface area contributed by atoms with Crippen LogP contribution in [0.15, 0.2) is 53.6 Å². The van der Waals surface area contributed by atoms with E-state index < -0.39 is 10.0 Å². The predicted octanol–water partition coefficient (Wildman–Crippen LogP) is 3.02. The fourth-order valence-electron chi connectivity index (χ4n) is 3.51.